The van der Waals surface area contributed by atoms with Crippen LogP contribution < -0.4 is 10.6 Å². The van der Waals surface area contributed by atoms with Gasteiger partial charge in [-0.05, 0) is 86.0 Å². The summed E-state index contributed by atoms with van der Waals surface area (Å²) in [6, 6.07) is -2.12. The molecule has 4 rings (SSSR count). The number of allylic oxidation sites excluding steroid dienone is 1. The van der Waals surface area contributed by atoms with Gasteiger partial charge < -0.3 is 30.7 Å². The molecule has 0 unspecified atom stereocenters. The number of nitrogens with one attached hydrogen (secondary N) is 2. The Balaban J connectivity index is 1.32. The van der Waals surface area contributed by atoms with E-state index < -0.39 is 65.3 Å². The number of aliphatic hydroxyl groups excluding tert-OH is 1. The van der Waals surface area contributed by atoms with Crippen LogP contribution in [0, 0.1) is 40.4 Å². The largest absolute Gasteiger partial charge is 0.480 e. The van der Waals surface area contributed by atoms with Crippen molar-refractivity contribution >= 4 is 35.3 Å². The molecule has 0 heterocycles. The summed E-state index contributed by atoms with van der Waals surface area (Å²) < 4.78 is 5.23. The van der Waals surface area contributed by atoms with Crippen molar-refractivity contribution in [3.63, 3.8) is 0 Å². The predicted octanol–water partition coefficient (Wildman–Crippen LogP) is 2.87. The highest BCUT2D eigenvalue weighted by atomic mass is 16.5. The second-order valence-electron chi connectivity index (χ2n) is 15.9. The van der Waals surface area contributed by atoms with E-state index in [2.05, 4.69) is 17.6 Å². The number of Topliss-reactive ketones (excluding diaryl/α,β-unsaturated/α-hetero) is 1. The summed E-state index contributed by atoms with van der Waals surface area (Å²) in [6.07, 6.45) is 4.21. The second-order valence-corrected chi connectivity index (χ2v) is 15.9. The molecule has 0 radical (unpaired) electrons. The Morgan fingerprint density at radius 3 is 2.31 bits per heavy atom. The fourth-order valence-electron chi connectivity index (χ4n) is 9.44. The number of hydrogen-bond donors (Lipinski definition) is 5. The highest BCUT2D eigenvalue weighted by Crippen LogP contribution is 2.67. The number of ether oxygens (including phenoxy) is 1. The molecule has 5 N–H and O–H groups in total. The van der Waals surface area contributed by atoms with Gasteiger partial charge in [0.25, 0.3) is 0 Å². The van der Waals surface area contributed by atoms with E-state index in [4.69, 9.17) is 4.74 Å². The van der Waals surface area contributed by atoms with Crippen molar-refractivity contribution in [3.8, 4) is 0 Å². The Bertz CT molecular complexity index is 1340. The Hall–Kier alpha value is -3.12. The smallest absolute Gasteiger partial charge is 0.326 e. The van der Waals surface area contributed by atoms with E-state index in [1.165, 1.54) is 0 Å². The molecular weight excluding hydrogens is 620 g/mol. The van der Waals surface area contributed by atoms with Crippen molar-refractivity contribution in [1.82, 2.24) is 10.6 Å². The van der Waals surface area contributed by atoms with Gasteiger partial charge in [-0.2, -0.15) is 0 Å². The summed E-state index contributed by atoms with van der Waals surface area (Å²) in [5.74, 6) is -4.07. The van der Waals surface area contributed by atoms with Crippen LogP contribution in [-0.4, -0.2) is 81.0 Å². The van der Waals surface area contributed by atoms with E-state index in [1.807, 2.05) is 20.8 Å². The average molecular weight is 675 g/mol. The summed E-state index contributed by atoms with van der Waals surface area (Å²) >= 11 is 0. The first-order valence-electron chi connectivity index (χ1n) is 17.5. The molecule has 0 aromatic rings. The maximum atomic E-state index is 13.5. The second kappa shape index (κ2) is 14.4. The van der Waals surface area contributed by atoms with Gasteiger partial charge in [0.2, 0.25) is 17.6 Å². The van der Waals surface area contributed by atoms with Crippen LogP contribution in [0.3, 0.4) is 0 Å². The number of rotatable bonds is 13. The molecule has 4 aliphatic rings. The monoisotopic (exact) mass is 674 g/mol. The molecule has 12 nitrogen and oxygen atoms in total. The molecule has 12 heteroatoms. The van der Waals surface area contributed by atoms with Gasteiger partial charge in [-0.1, -0.05) is 47.1 Å². The van der Waals surface area contributed by atoms with E-state index in [0.29, 0.717) is 19.3 Å². The maximum absolute atomic E-state index is 13.5. The topological polar surface area (TPSA) is 196 Å². The van der Waals surface area contributed by atoms with Gasteiger partial charge >= 0.3 is 11.9 Å². The molecule has 9 atom stereocenters. The van der Waals surface area contributed by atoms with Crippen LogP contribution in [-0.2, 0) is 33.5 Å². The number of fused-ring (bicyclic) bond motifs is 5. The average Bonchev–Trinajstić information content (AvgIpc) is 3.27. The van der Waals surface area contributed by atoms with Crippen molar-refractivity contribution in [1.29, 1.82) is 0 Å². The number of carboxylic acids is 1. The lowest BCUT2D eigenvalue weighted by atomic mass is 9.45. The minimum Gasteiger partial charge on any atom is -0.480 e. The molecule has 3 fully saturated rings. The molecular formula is C36H54N2O10. The van der Waals surface area contributed by atoms with Crippen molar-refractivity contribution < 1.29 is 48.8 Å². The normalized spacial score (nSPS) is 33.9. The summed E-state index contributed by atoms with van der Waals surface area (Å²) in [5.41, 5.74) is -1.90. The van der Waals surface area contributed by atoms with Crippen LogP contribution in [0.1, 0.15) is 106 Å². The summed E-state index contributed by atoms with van der Waals surface area (Å²) in [5, 5.41) is 38.0. The first-order valence-corrected chi connectivity index (χ1v) is 17.5. The number of esters is 1. The molecule has 2 amide bonds. The third kappa shape index (κ3) is 7.25. The van der Waals surface area contributed by atoms with Crippen molar-refractivity contribution in [2.45, 2.75) is 130 Å². The van der Waals surface area contributed by atoms with Gasteiger partial charge in [0.1, 0.15) is 17.7 Å². The quantitative estimate of drug-likeness (QED) is 0.181. The predicted molar refractivity (Wildman–Crippen MR) is 174 cm³/mol. The number of hydrogen-bond acceptors (Lipinski definition) is 9. The molecule has 0 spiro atoms. The van der Waals surface area contributed by atoms with E-state index >= 15 is 0 Å². The van der Waals surface area contributed by atoms with E-state index in [-0.39, 0.29) is 72.9 Å². The Morgan fingerprint density at radius 2 is 1.69 bits per heavy atom. The minimum absolute atomic E-state index is 0.0162. The molecule has 268 valence electrons. The Kier molecular flexibility index (Phi) is 11.3. The molecule has 0 aromatic heterocycles. The van der Waals surface area contributed by atoms with Crippen molar-refractivity contribution in [3.05, 3.63) is 11.6 Å². The molecule has 0 aliphatic heterocycles. The summed E-state index contributed by atoms with van der Waals surface area (Å²) in [6.45, 7) is 10.4. The molecule has 0 aromatic carbocycles. The number of carboxylic acid groups (broad SMARTS) is 1. The highest BCUT2D eigenvalue weighted by Gasteiger charge is 2.68. The van der Waals surface area contributed by atoms with Crippen LogP contribution in [0.2, 0.25) is 0 Å². The van der Waals surface area contributed by atoms with Crippen LogP contribution in [0.15, 0.2) is 11.6 Å². The number of carbonyl (C=O) groups is 6. The third-order valence-electron chi connectivity index (χ3n) is 12.0. The number of amides is 2. The van der Waals surface area contributed by atoms with Gasteiger partial charge in [0.15, 0.2) is 12.4 Å². The van der Waals surface area contributed by atoms with Gasteiger partial charge in [0, 0.05) is 18.3 Å². The summed E-state index contributed by atoms with van der Waals surface area (Å²) in [4.78, 5) is 75.4. The molecule has 48 heavy (non-hydrogen) atoms. The Morgan fingerprint density at radius 1 is 1.00 bits per heavy atom. The third-order valence-corrected chi connectivity index (χ3v) is 12.0. The Labute approximate surface area is 282 Å². The fourth-order valence-corrected chi connectivity index (χ4v) is 9.44. The zero-order chi connectivity index (χ0) is 35.8. The number of aliphatic carboxylic acids is 1. The lowest BCUT2D eigenvalue weighted by Crippen LogP contribution is -2.62. The minimum atomic E-state index is -1.79. The summed E-state index contributed by atoms with van der Waals surface area (Å²) in [7, 11) is 0. The van der Waals surface area contributed by atoms with Gasteiger partial charge in [0.05, 0.1) is 12.5 Å². The van der Waals surface area contributed by atoms with E-state index in [0.717, 1.165) is 18.4 Å². The molecule has 4 aliphatic carbocycles. The van der Waals surface area contributed by atoms with E-state index in [1.54, 1.807) is 19.9 Å². The van der Waals surface area contributed by atoms with Crippen LogP contribution in [0.25, 0.3) is 0 Å². The van der Waals surface area contributed by atoms with Crippen LogP contribution >= 0.6 is 0 Å². The first kappa shape index (κ1) is 37.7. The van der Waals surface area contributed by atoms with Gasteiger partial charge in [-0.25, -0.2) is 4.79 Å². The van der Waals surface area contributed by atoms with E-state index in [9.17, 15) is 44.1 Å². The standard InChI is InChI=1S/C36H54N2O10/c1-19(2)15-25(33(45)46)37-32(44)31(20(3)4)38-28(42)9-10-29(43)48-18-27(41)36(47)14-12-24-23-8-7-21-16-22(39)11-13-34(21,5)30(23)26(40)17-35(24,36)6/h16,19-20,23-26,30-31,40,47H,7-15,17-18H2,1-6H3,(H,37,44)(H,38,42)(H,45,46)/t23-,24-,25-,26-,30+,31-,34-,35-,36-/m0/s1. The number of ketones is 2. The van der Waals surface area contributed by atoms with Crippen molar-refractivity contribution in [2.24, 2.45) is 40.4 Å². The maximum Gasteiger partial charge on any atom is 0.326 e. The zero-order valence-electron chi connectivity index (χ0n) is 29.2. The number of carbonyl (C=O) groups excluding carboxylic acids is 5. The van der Waals surface area contributed by atoms with Gasteiger partial charge in [-0.3, -0.25) is 24.0 Å². The zero-order valence-corrected chi connectivity index (χ0v) is 29.2. The van der Waals surface area contributed by atoms with Crippen molar-refractivity contribution in [2.75, 3.05) is 6.61 Å². The van der Waals surface area contributed by atoms with Gasteiger partial charge in [-0.15, -0.1) is 0 Å². The van der Waals surface area contributed by atoms with Crippen LogP contribution in [0.5, 0.6) is 0 Å². The number of aliphatic hydroxyl groups is 2. The lowest BCUT2D eigenvalue weighted by molar-refractivity contribution is -0.184. The molecule has 0 bridgehead atoms. The molecule has 3 saturated carbocycles. The fraction of sp³-hybridized carbons (Fsp3) is 0.778. The lowest BCUT2D eigenvalue weighted by Gasteiger charge is -2.60. The van der Waals surface area contributed by atoms with Crippen LogP contribution in [0.4, 0.5) is 0 Å². The SMILES string of the molecule is CC(C)C[C@H](NC(=O)[C@@H](NC(=O)CCC(=O)OCC(=O)[C@@]1(O)CC[C@H]2[C@@H]3CCC4=CC(=O)CC[C@]4(C)[C@H]3[C@@H](O)C[C@@]21C)C(C)C)C(=O)O. The molecule has 0 saturated heterocycles. The highest BCUT2D eigenvalue weighted by molar-refractivity contribution is 5.93. The first-order chi connectivity index (χ1) is 22.3.